The molecule has 1 N–H and O–H groups in total. The molecule has 0 aromatic heterocycles. The Morgan fingerprint density at radius 3 is 2.24 bits per heavy atom. The summed E-state index contributed by atoms with van der Waals surface area (Å²) >= 11 is 0. The Hall–Kier alpha value is -0.650. The van der Waals surface area contributed by atoms with Crippen molar-refractivity contribution >= 4 is 10.1 Å². The molecule has 0 heterocycles. The summed E-state index contributed by atoms with van der Waals surface area (Å²) in [6.07, 6.45) is 8.33. The molecule has 0 radical (unpaired) electrons. The molecule has 0 bridgehead atoms. The average molecular weight is 316 g/mol. The summed E-state index contributed by atoms with van der Waals surface area (Å²) in [7, 11) is -4.42. The first-order valence-electron chi connectivity index (χ1n) is 7.43. The number of ether oxygens (including phenoxy) is 1. The molecule has 21 heavy (non-hydrogen) atoms. The molecule has 122 valence electrons. The minimum atomic E-state index is -4.42. The van der Waals surface area contributed by atoms with E-state index in [1.54, 1.807) is 27.7 Å². The molecule has 0 fully saturated rings. The van der Waals surface area contributed by atoms with Crippen LogP contribution in [0.5, 0.6) is 0 Å². The highest BCUT2D eigenvalue weighted by Gasteiger charge is 2.49. The van der Waals surface area contributed by atoms with Crippen molar-refractivity contribution in [2.75, 3.05) is 0 Å². The second-order valence-electron chi connectivity index (χ2n) is 7.13. The van der Waals surface area contributed by atoms with Crippen LogP contribution in [0.4, 0.5) is 0 Å². The Morgan fingerprint density at radius 1 is 1.29 bits per heavy atom. The van der Waals surface area contributed by atoms with E-state index in [1.165, 1.54) is 6.08 Å². The number of hydrogen-bond donors (Lipinski definition) is 1. The molecule has 0 aromatic carbocycles. The van der Waals surface area contributed by atoms with Crippen molar-refractivity contribution in [1.82, 2.24) is 0 Å². The topological polar surface area (TPSA) is 63.6 Å². The van der Waals surface area contributed by atoms with Gasteiger partial charge in [-0.3, -0.25) is 4.55 Å². The van der Waals surface area contributed by atoms with Gasteiger partial charge < -0.3 is 4.74 Å². The van der Waals surface area contributed by atoms with Crippen LogP contribution in [0.1, 0.15) is 60.8 Å². The lowest BCUT2D eigenvalue weighted by Gasteiger charge is -2.40. The fourth-order valence-electron chi connectivity index (χ4n) is 2.70. The Bertz CT molecular complexity index is 539. The van der Waals surface area contributed by atoms with E-state index in [1.807, 2.05) is 12.2 Å². The van der Waals surface area contributed by atoms with Crippen LogP contribution in [0.25, 0.3) is 0 Å². The lowest BCUT2D eigenvalue weighted by molar-refractivity contribution is -0.0496. The molecule has 1 unspecified atom stereocenters. The van der Waals surface area contributed by atoms with Crippen LogP contribution in [0.2, 0.25) is 0 Å². The van der Waals surface area contributed by atoms with E-state index in [2.05, 4.69) is 13.8 Å². The van der Waals surface area contributed by atoms with E-state index in [0.29, 0.717) is 5.57 Å². The van der Waals surface area contributed by atoms with E-state index in [9.17, 15) is 13.0 Å². The van der Waals surface area contributed by atoms with Gasteiger partial charge in [-0.25, -0.2) is 0 Å². The summed E-state index contributed by atoms with van der Waals surface area (Å²) in [5.41, 5.74) is -0.386. The molecule has 0 saturated carbocycles. The van der Waals surface area contributed by atoms with Crippen LogP contribution in [-0.2, 0) is 14.9 Å². The highest BCUT2D eigenvalue weighted by Crippen LogP contribution is 2.42. The quantitative estimate of drug-likeness (QED) is 0.612. The van der Waals surface area contributed by atoms with Crippen molar-refractivity contribution in [3.05, 3.63) is 23.8 Å². The maximum absolute atomic E-state index is 12.0. The number of hydrogen-bond acceptors (Lipinski definition) is 3. The highest BCUT2D eigenvalue weighted by atomic mass is 32.2. The van der Waals surface area contributed by atoms with Gasteiger partial charge in [0.15, 0.2) is 0 Å². The Labute approximate surface area is 129 Å². The monoisotopic (exact) mass is 316 g/mol. The first kappa shape index (κ1) is 18.4. The zero-order chi connectivity index (χ0) is 16.5. The molecule has 2 atom stereocenters. The normalized spacial score (nSPS) is 30.3. The van der Waals surface area contributed by atoms with Gasteiger partial charge in [-0.1, -0.05) is 38.8 Å². The predicted octanol–water partition coefficient (Wildman–Crippen LogP) is 4.10. The summed E-state index contributed by atoms with van der Waals surface area (Å²) in [6.45, 7) is 11.2. The van der Waals surface area contributed by atoms with Crippen molar-refractivity contribution in [3.8, 4) is 0 Å². The molecule has 4 nitrogen and oxygen atoms in total. The standard InChI is InChI=1S/C16H28O4S/c1-7-8-9-15(6)10-11-16(13(2)12-15,21(17,18)19)20-14(3,4)5/h10-12H,7-9H2,1-6H3,(H,17,18,19)/t15-,16?/m1/s1. The maximum atomic E-state index is 12.0. The molecule has 0 spiro atoms. The minimum Gasteiger partial charge on any atom is -0.344 e. The molecular formula is C16H28O4S. The Kier molecular flexibility index (Phi) is 5.13. The summed E-state index contributed by atoms with van der Waals surface area (Å²) < 4.78 is 39.4. The van der Waals surface area contributed by atoms with E-state index < -0.39 is 20.7 Å². The second kappa shape index (κ2) is 5.86. The highest BCUT2D eigenvalue weighted by molar-refractivity contribution is 7.87. The van der Waals surface area contributed by atoms with Crippen molar-refractivity contribution in [3.63, 3.8) is 0 Å². The molecule has 0 saturated heterocycles. The van der Waals surface area contributed by atoms with Crippen LogP contribution in [0.3, 0.4) is 0 Å². The SMILES string of the molecule is CCCC[C@]1(C)C=CC(OC(C)(C)C)(S(=O)(=O)O)C(C)=C1. The summed E-state index contributed by atoms with van der Waals surface area (Å²) in [5, 5.41) is 0. The van der Waals surface area contributed by atoms with E-state index in [-0.39, 0.29) is 5.41 Å². The van der Waals surface area contributed by atoms with Gasteiger partial charge >= 0.3 is 10.1 Å². The van der Waals surface area contributed by atoms with Crippen LogP contribution >= 0.6 is 0 Å². The Balaban J connectivity index is 3.27. The predicted molar refractivity (Wildman–Crippen MR) is 85.6 cm³/mol. The third-order valence-corrected chi connectivity index (χ3v) is 5.00. The van der Waals surface area contributed by atoms with E-state index in [0.717, 1.165) is 19.3 Å². The van der Waals surface area contributed by atoms with Gasteiger partial charge in [-0.2, -0.15) is 8.42 Å². The van der Waals surface area contributed by atoms with Gasteiger partial charge in [-0.15, -0.1) is 0 Å². The zero-order valence-electron chi connectivity index (χ0n) is 13.9. The second-order valence-corrected chi connectivity index (χ2v) is 8.68. The third kappa shape index (κ3) is 4.18. The number of unbranched alkanes of at least 4 members (excludes halogenated alkanes) is 1. The maximum Gasteiger partial charge on any atom is 0.303 e. The van der Waals surface area contributed by atoms with Crippen LogP contribution in [0, 0.1) is 5.41 Å². The van der Waals surface area contributed by atoms with Crippen molar-refractivity contribution < 1.29 is 17.7 Å². The zero-order valence-corrected chi connectivity index (χ0v) is 14.8. The smallest absolute Gasteiger partial charge is 0.303 e. The lowest BCUT2D eigenvalue weighted by Crippen LogP contribution is -2.47. The first-order valence-corrected chi connectivity index (χ1v) is 8.87. The number of allylic oxidation sites excluding steroid dienone is 2. The molecule has 1 rings (SSSR count). The third-order valence-electron chi connectivity index (χ3n) is 3.69. The summed E-state index contributed by atoms with van der Waals surface area (Å²) in [5.74, 6) is 0. The van der Waals surface area contributed by atoms with Gasteiger partial charge in [0, 0.05) is 5.41 Å². The van der Waals surface area contributed by atoms with Crippen LogP contribution in [-0.4, -0.2) is 23.5 Å². The van der Waals surface area contributed by atoms with Gasteiger partial charge in [0.2, 0.25) is 4.93 Å². The number of rotatable bonds is 5. The molecule has 5 heteroatoms. The summed E-state index contributed by atoms with van der Waals surface area (Å²) in [4.78, 5) is -1.78. The minimum absolute atomic E-state index is 0.199. The fraction of sp³-hybridized carbons (Fsp3) is 0.750. The molecular weight excluding hydrogens is 288 g/mol. The van der Waals surface area contributed by atoms with E-state index >= 15 is 0 Å². The van der Waals surface area contributed by atoms with Crippen LogP contribution in [0.15, 0.2) is 23.8 Å². The van der Waals surface area contributed by atoms with Gasteiger partial charge in [0.05, 0.1) is 5.60 Å². The van der Waals surface area contributed by atoms with Crippen molar-refractivity contribution in [2.24, 2.45) is 5.41 Å². The Morgan fingerprint density at radius 2 is 1.86 bits per heavy atom. The molecule has 1 aliphatic rings. The molecule has 0 aliphatic heterocycles. The van der Waals surface area contributed by atoms with Crippen molar-refractivity contribution in [2.45, 2.75) is 71.3 Å². The first-order chi connectivity index (χ1) is 9.35. The summed E-state index contributed by atoms with van der Waals surface area (Å²) in [6, 6.07) is 0. The van der Waals surface area contributed by atoms with Gasteiger partial charge in [0.25, 0.3) is 0 Å². The van der Waals surface area contributed by atoms with Gasteiger partial charge in [0.1, 0.15) is 0 Å². The largest absolute Gasteiger partial charge is 0.344 e. The molecule has 0 aromatic rings. The van der Waals surface area contributed by atoms with Gasteiger partial charge in [-0.05, 0) is 45.8 Å². The van der Waals surface area contributed by atoms with E-state index in [4.69, 9.17) is 4.74 Å². The molecule has 1 aliphatic carbocycles. The average Bonchev–Trinajstić information content (AvgIpc) is 2.28. The van der Waals surface area contributed by atoms with Crippen LogP contribution < -0.4 is 0 Å². The fourth-order valence-corrected chi connectivity index (χ4v) is 3.76. The molecule has 0 amide bonds. The lowest BCUT2D eigenvalue weighted by atomic mass is 9.78. The van der Waals surface area contributed by atoms with Crippen molar-refractivity contribution in [1.29, 1.82) is 0 Å².